The summed E-state index contributed by atoms with van der Waals surface area (Å²) in [6.45, 7) is 2.06. The molecule has 11 heteroatoms. The van der Waals surface area contributed by atoms with Crippen molar-refractivity contribution in [2.24, 2.45) is 0 Å². The second kappa shape index (κ2) is 9.53. The molecule has 1 N–H and O–H groups in total. The zero-order valence-corrected chi connectivity index (χ0v) is 17.5. The largest absolute Gasteiger partial charge is 0.573 e. The van der Waals surface area contributed by atoms with Crippen LogP contribution in [-0.4, -0.2) is 59.4 Å². The van der Waals surface area contributed by atoms with Gasteiger partial charge in [0.05, 0.1) is 12.2 Å². The summed E-state index contributed by atoms with van der Waals surface area (Å²) in [5.41, 5.74) is 0.884. The van der Waals surface area contributed by atoms with E-state index in [0.717, 1.165) is 0 Å². The van der Waals surface area contributed by atoms with E-state index in [4.69, 9.17) is 4.74 Å². The Morgan fingerprint density at radius 1 is 1.22 bits per heavy atom. The number of ether oxygens (including phenoxy) is 2. The minimum absolute atomic E-state index is 0.180. The van der Waals surface area contributed by atoms with Gasteiger partial charge in [0.2, 0.25) is 0 Å². The Bertz CT molecular complexity index is 1040. The van der Waals surface area contributed by atoms with Gasteiger partial charge in [0.15, 0.2) is 0 Å². The maximum atomic E-state index is 13.1. The number of aromatic nitrogens is 2. The summed E-state index contributed by atoms with van der Waals surface area (Å²) in [7, 11) is 0. The molecule has 1 unspecified atom stereocenters. The molecule has 1 amide bonds. The van der Waals surface area contributed by atoms with Gasteiger partial charge < -0.3 is 19.7 Å². The van der Waals surface area contributed by atoms with Crippen molar-refractivity contribution in [1.29, 1.82) is 0 Å². The van der Waals surface area contributed by atoms with Gasteiger partial charge in [-0.3, -0.25) is 9.78 Å². The molecule has 168 valence electrons. The number of thiazole rings is 1. The van der Waals surface area contributed by atoms with Crippen LogP contribution in [0.15, 0.2) is 54.2 Å². The van der Waals surface area contributed by atoms with Gasteiger partial charge in [-0.25, -0.2) is 4.98 Å². The number of amides is 1. The maximum absolute atomic E-state index is 13.1. The SMILES string of the molecule is O=C(c1csc(-c2ccc(OC(F)(F)F)cc2)n1)N1CCNCC1COc1cccnc1. The second-order valence-electron chi connectivity index (χ2n) is 6.97. The van der Waals surface area contributed by atoms with Crippen LogP contribution in [0, 0.1) is 0 Å². The number of rotatable bonds is 6. The van der Waals surface area contributed by atoms with Crippen molar-refractivity contribution in [3.8, 4) is 22.1 Å². The molecule has 0 radical (unpaired) electrons. The van der Waals surface area contributed by atoms with Crippen molar-refractivity contribution < 1.29 is 27.4 Å². The molecule has 0 saturated carbocycles. The zero-order chi connectivity index (χ0) is 22.6. The number of nitrogens with one attached hydrogen (secondary N) is 1. The highest BCUT2D eigenvalue weighted by Gasteiger charge is 2.31. The molecule has 4 rings (SSSR count). The van der Waals surface area contributed by atoms with E-state index < -0.39 is 6.36 Å². The van der Waals surface area contributed by atoms with Gasteiger partial charge in [0.1, 0.15) is 28.8 Å². The topological polar surface area (TPSA) is 76.6 Å². The zero-order valence-electron chi connectivity index (χ0n) is 16.7. The van der Waals surface area contributed by atoms with Gasteiger partial charge in [-0.05, 0) is 36.4 Å². The standard InChI is InChI=1S/C21H19F3N4O3S/c22-21(23,24)31-16-5-3-14(4-6-16)19-27-18(13-32-19)20(29)28-9-8-26-10-15(28)12-30-17-2-1-7-25-11-17/h1-7,11,13,15,26H,8-10,12H2. The van der Waals surface area contributed by atoms with Gasteiger partial charge in [0.25, 0.3) is 5.91 Å². The summed E-state index contributed by atoms with van der Waals surface area (Å²) in [5, 5.41) is 5.44. The molecular formula is C21H19F3N4O3S. The predicted molar refractivity (Wildman–Crippen MR) is 112 cm³/mol. The second-order valence-corrected chi connectivity index (χ2v) is 7.82. The normalized spacial score (nSPS) is 16.6. The molecule has 7 nitrogen and oxygen atoms in total. The van der Waals surface area contributed by atoms with E-state index in [9.17, 15) is 18.0 Å². The third kappa shape index (κ3) is 5.54. The molecule has 2 aromatic heterocycles. The highest BCUT2D eigenvalue weighted by atomic mass is 32.1. The highest BCUT2D eigenvalue weighted by molar-refractivity contribution is 7.13. The van der Waals surface area contributed by atoms with Crippen LogP contribution in [0.2, 0.25) is 0 Å². The fraction of sp³-hybridized carbons (Fsp3) is 0.286. The first-order chi connectivity index (χ1) is 15.4. The molecule has 0 aliphatic carbocycles. The summed E-state index contributed by atoms with van der Waals surface area (Å²) in [6.07, 6.45) is -1.48. The van der Waals surface area contributed by atoms with Gasteiger partial charge in [-0.2, -0.15) is 0 Å². The Kier molecular flexibility index (Phi) is 6.56. The number of hydrogen-bond acceptors (Lipinski definition) is 7. The van der Waals surface area contributed by atoms with Crippen LogP contribution in [0.3, 0.4) is 0 Å². The molecule has 1 atom stereocenters. The number of carbonyl (C=O) groups excluding carboxylic acids is 1. The van der Waals surface area contributed by atoms with Crippen LogP contribution in [0.4, 0.5) is 13.2 Å². The van der Waals surface area contributed by atoms with Crippen molar-refractivity contribution in [3.05, 3.63) is 59.9 Å². The first-order valence-electron chi connectivity index (χ1n) is 9.75. The lowest BCUT2D eigenvalue weighted by Crippen LogP contribution is -2.56. The minimum atomic E-state index is -4.75. The summed E-state index contributed by atoms with van der Waals surface area (Å²) in [5.74, 6) is 0.0940. The molecule has 32 heavy (non-hydrogen) atoms. The van der Waals surface area contributed by atoms with Crippen LogP contribution < -0.4 is 14.8 Å². The Balaban J connectivity index is 1.43. The lowest BCUT2D eigenvalue weighted by atomic mass is 10.2. The molecule has 0 spiro atoms. The predicted octanol–water partition coefficient (Wildman–Crippen LogP) is 3.60. The number of halogens is 3. The number of benzene rings is 1. The third-order valence-corrected chi connectivity index (χ3v) is 5.64. The summed E-state index contributed by atoms with van der Waals surface area (Å²) in [6, 6.07) is 8.78. The van der Waals surface area contributed by atoms with Crippen molar-refractivity contribution in [2.45, 2.75) is 12.4 Å². The summed E-state index contributed by atoms with van der Waals surface area (Å²) in [4.78, 5) is 23.3. The summed E-state index contributed by atoms with van der Waals surface area (Å²) < 4.78 is 46.6. The number of piperazine rings is 1. The average Bonchev–Trinajstić information content (AvgIpc) is 3.28. The molecule has 3 heterocycles. The molecule has 1 saturated heterocycles. The molecule has 1 fully saturated rings. The fourth-order valence-electron chi connectivity index (χ4n) is 3.25. The average molecular weight is 464 g/mol. The fourth-order valence-corrected chi connectivity index (χ4v) is 4.05. The van der Waals surface area contributed by atoms with Gasteiger partial charge in [-0.1, -0.05) is 0 Å². The summed E-state index contributed by atoms with van der Waals surface area (Å²) >= 11 is 1.25. The number of alkyl halides is 3. The van der Waals surface area contributed by atoms with Crippen LogP contribution in [-0.2, 0) is 0 Å². The van der Waals surface area contributed by atoms with Crippen LogP contribution in [0.25, 0.3) is 10.6 Å². The molecule has 3 aromatic rings. The molecule has 1 aliphatic heterocycles. The Labute approximate surface area is 185 Å². The highest BCUT2D eigenvalue weighted by Crippen LogP contribution is 2.29. The minimum Gasteiger partial charge on any atom is -0.490 e. The van der Waals surface area contributed by atoms with Crippen molar-refractivity contribution in [3.63, 3.8) is 0 Å². The lowest BCUT2D eigenvalue weighted by Gasteiger charge is -2.35. The van der Waals surface area contributed by atoms with E-state index in [1.54, 1.807) is 34.8 Å². The Morgan fingerprint density at radius 3 is 2.75 bits per heavy atom. The number of hydrogen-bond donors (Lipinski definition) is 1. The first kappa shape index (κ1) is 22.0. The van der Waals surface area contributed by atoms with E-state index in [0.29, 0.717) is 42.6 Å². The van der Waals surface area contributed by atoms with E-state index in [1.165, 1.54) is 35.6 Å². The first-order valence-corrected chi connectivity index (χ1v) is 10.6. The maximum Gasteiger partial charge on any atom is 0.573 e. The quantitative estimate of drug-likeness (QED) is 0.601. The molecular weight excluding hydrogens is 445 g/mol. The van der Waals surface area contributed by atoms with E-state index in [1.807, 2.05) is 0 Å². The van der Waals surface area contributed by atoms with Gasteiger partial charge in [-0.15, -0.1) is 24.5 Å². The van der Waals surface area contributed by atoms with E-state index >= 15 is 0 Å². The Morgan fingerprint density at radius 2 is 2.03 bits per heavy atom. The van der Waals surface area contributed by atoms with Crippen LogP contribution in [0.1, 0.15) is 10.5 Å². The van der Waals surface area contributed by atoms with Crippen molar-refractivity contribution in [1.82, 2.24) is 20.2 Å². The van der Waals surface area contributed by atoms with Gasteiger partial charge >= 0.3 is 6.36 Å². The molecule has 0 bridgehead atoms. The number of nitrogens with zero attached hydrogens (tertiary/aromatic N) is 3. The van der Waals surface area contributed by atoms with E-state index in [-0.39, 0.29) is 23.4 Å². The molecule has 1 aliphatic rings. The monoisotopic (exact) mass is 464 g/mol. The third-order valence-electron chi connectivity index (χ3n) is 4.75. The van der Waals surface area contributed by atoms with Crippen LogP contribution >= 0.6 is 11.3 Å². The van der Waals surface area contributed by atoms with E-state index in [2.05, 4.69) is 20.0 Å². The Hall–Kier alpha value is -3.18. The molecule has 1 aromatic carbocycles. The number of carbonyl (C=O) groups is 1. The van der Waals surface area contributed by atoms with Crippen LogP contribution in [0.5, 0.6) is 11.5 Å². The van der Waals surface area contributed by atoms with Crippen molar-refractivity contribution >= 4 is 17.2 Å². The smallest absolute Gasteiger partial charge is 0.490 e. The lowest BCUT2D eigenvalue weighted by molar-refractivity contribution is -0.274. The van der Waals surface area contributed by atoms with Gasteiger partial charge in [0, 0.05) is 36.8 Å². The number of pyridine rings is 1. The van der Waals surface area contributed by atoms with Crippen molar-refractivity contribution in [2.75, 3.05) is 26.2 Å².